The number of hydrogen-bond donors (Lipinski definition) is 2. The lowest BCUT2D eigenvalue weighted by Crippen LogP contribution is -2.30. The van der Waals surface area contributed by atoms with Crippen molar-refractivity contribution < 1.29 is 0 Å². The van der Waals surface area contributed by atoms with Crippen LogP contribution in [0.4, 0.5) is 5.69 Å². The second-order valence-corrected chi connectivity index (χ2v) is 5.66. The van der Waals surface area contributed by atoms with E-state index >= 15 is 0 Å². The van der Waals surface area contributed by atoms with Crippen LogP contribution in [0.1, 0.15) is 18.5 Å². The molecule has 0 aliphatic carbocycles. The van der Waals surface area contributed by atoms with Gasteiger partial charge in [-0.15, -0.1) is 0 Å². The van der Waals surface area contributed by atoms with E-state index in [1.165, 1.54) is 16.3 Å². The van der Waals surface area contributed by atoms with Crippen molar-refractivity contribution in [2.75, 3.05) is 5.32 Å². The molecular formula is C19H18N2S. The van der Waals surface area contributed by atoms with Crippen LogP contribution >= 0.6 is 12.2 Å². The summed E-state index contributed by atoms with van der Waals surface area (Å²) in [7, 11) is 0. The molecule has 3 heteroatoms. The van der Waals surface area contributed by atoms with Gasteiger partial charge in [0.2, 0.25) is 0 Å². The fourth-order valence-electron chi connectivity index (χ4n) is 2.59. The molecule has 1 atom stereocenters. The first-order valence-corrected chi connectivity index (χ1v) is 7.75. The van der Waals surface area contributed by atoms with Gasteiger partial charge in [-0.2, -0.15) is 0 Å². The number of thiocarbonyl (C=S) groups is 1. The average molecular weight is 306 g/mol. The zero-order valence-corrected chi connectivity index (χ0v) is 13.2. The zero-order chi connectivity index (χ0) is 15.4. The lowest BCUT2D eigenvalue weighted by molar-refractivity contribution is 0.729. The molecule has 22 heavy (non-hydrogen) atoms. The maximum Gasteiger partial charge on any atom is 0.171 e. The molecule has 2 nitrogen and oxygen atoms in total. The molecule has 0 aliphatic heterocycles. The third-order valence-corrected chi connectivity index (χ3v) is 3.89. The van der Waals surface area contributed by atoms with Gasteiger partial charge >= 0.3 is 0 Å². The average Bonchev–Trinajstić information content (AvgIpc) is 2.55. The molecule has 0 spiro atoms. The van der Waals surface area contributed by atoms with Gasteiger partial charge in [0, 0.05) is 5.69 Å². The van der Waals surface area contributed by atoms with Crippen molar-refractivity contribution in [2.24, 2.45) is 0 Å². The quantitative estimate of drug-likeness (QED) is 0.674. The van der Waals surface area contributed by atoms with Gasteiger partial charge in [-0.1, -0.05) is 60.7 Å². The van der Waals surface area contributed by atoms with Crippen LogP contribution in [0.15, 0.2) is 72.8 Å². The monoisotopic (exact) mass is 306 g/mol. The van der Waals surface area contributed by atoms with E-state index in [2.05, 4.69) is 60.0 Å². The van der Waals surface area contributed by atoms with E-state index < -0.39 is 0 Å². The van der Waals surface area contributed by atoms with Crippen LogP contribution in [0, 0.1) is 0 Å². The molecular weight excluding hydrogens is 288 g/mol. The van der Waals surface area contributed by atoms with Gasteiger partial charge in [0.25, 0.3) is 0 Å². The minimum atomic E-state index is 0.134. The van der Waals surface area contributed by atoms with Crippen molar-refractivity contribution in [3.05, 3.63) is 78.4 Å². The highest BCUT2D eigenvalue weighted by Gasteiger charge is 2.10. The second-order valence-electron chi connectivity index (χ2n) is 5.25. The van der Waals surface area contributed by atoms with Crippen LogP contribution < -0.4 is 10.6 Å². The highest BCUT2D eigenvalue weighted by atomic mass is 32.1. The summed E-state index contributed by atoms with van der Waals surface area (Å²) < 4.78 is 0. The Morgan fingerprint density at radius 3 is 2.36 bits per heavy atom. The van der Waals surface area contributed by atoms with Crippen LogP contribution in [0.25, 0.3) is 10.8 Å². The first kappa shape index (κ1) is 14.5. The fraction of sp³-hybridized carbons (Fsp3) is 0.105. The van der Waals surface area contributed by atoms with Gasteiger partial charge in [0.15, 0.2) is 5.11 Å². The standard InChI is InChI=1S/C19H18N2S/c1-14(20-19(22)21-16-10-3-2-4-11-16)17-13-7-9-15-8-5-6-12-18(15)17/h2-14H,1H3,(H2,20,21,22). The second kappa shape index (κ2) is 6.58. The Hall–Kier alpha value is -2.39. The predicted molar refractivity (Wildman–Crippen MR) is 98.2 cm³/mol. The van der Waals surface area contributed by atoms with Crippen molar-refractivity contribution in [2.45, 2.75) is 13.0 Å². The van der Waals surface area contributed by atoms with E-state index in [4.69, 9.17) is 12.2 Å². The van der Waals surface area contributed by atoms with Crippen LogP contribution in [-0.4, -0.2) is 5.11 Å². The highest BCUT2D eigenvalue weighted by molar-refractivity contribution is 7.80. The van der Waals surface area contributed by atoms with Crippen molar-refractivity contribution in [3.63, 3.8) is 0 Å². The van der Waals surface area contributed by atoms with E-state index in [1.54, 1.807) is 0 Å². The molecule has 0 fully saturated rings. The van der Waals surface area contributed by atoms with E-state index in [9.17, 15) is 0 Å². The van der Waals surface area contributed by atoms with Gasteiger partial charge < -0.3 is 10.6 Å². The Morgan fingerprint density at radius 1 is 0.864 bits per heavy atom. The van der Waals surface area contributed by atoms with Gasteiger partial charge in [0.05, 0.1) is 6.04 Å². The zero-order valence-electron chi connectivity index (χ0n) is 12.4. The van der Waals surface area contributed by atoms with E-state index in [-0.39, 0.29) is 6.04 Å². The third-order valence-electron chi connectivity index (χ3n) is 3.67. The van der Waals surface area contributed by atoms with Crippen LogP contribution in [0.3, 0.4) is 0 Å². The summed E-state index contributed by atoms with van der Waals surface area (Å²) in [5.41, 5.74) is 2.24. The molecule has 0 saturated heterocycles. The summed E-state index contributed by atoms with van der Waals surface area (Å²) in [5.74, 6) is 0. The highest BCUT2D eigenvalue weighted by Crippen LogP contribution is 2.24. The Bertz CT molecular complexity index is 778. The summed E-state index contributed by atoms with van der Waals surface area (Å²) >= 11 is 5.41. The minimum Gasteiger partial charge on any atom is -0.356 e. The smallest absolute Gasteiger partial charge is 0.171 e. The fourth-order valence-corrected chi connectivity index (χ4v) is 2.89. The lowest BCUT2D eigenvalue weighted by Gasteiger charge is -2.19. The number of nitrogens with one attached hydrogen (secondary N) is 2. The molecule has 1 unspecified atom stereocenters. The topological polar surface area (TPSA) is 24.1 Å². The Labute approximate surface area is 136 Å². The molecule has 0 saturated carbocycles. The maximum atomic E-state index is 5.41. The number of para-hydroxylation sites is 1. The predicted octanol–water partition coefficient (Wildman–Crippen LogP) is 4.89. The summed E-state index contributed by atoms with van der Waals surface area (Å²) in [6.45, 7) is 2.13. The molecule has 0 radical (unpaired) electrons. The number of rotatable bonds is 3. The molecule has 3 aromatic rings. The summed E-state index contributed by atoms with van der Waals surface area (Å²) in [6.07, 6.45) is 0. The van der Waals surface area contributed by atoms with Crippen molar-refractivity contribution in [1.82, 2.24) is 5.32 Å². The maximum absolute atomic E-state index is 5.41. The summed E-state index contributed by atoms with van der Waals surface area (Å²) in [6, 6.07) is 24.9. The number of fused-ring (bicyclic) bond motifs is 1. The first-order chi connectivity index (χ1) is 10.7. The van der Waals surface area contributed by atoms with Gasteiger partial charge in [-0.05, 0) is 47.6 Å². The van der Waals surface area contributed by atoms with Crippen molar-refractivity contribution >= 4 is 33.8 Å². The molecule has 0 heterocycles. The van der Waals surface area contributed by atoms with Crippen LogP contribution in [0.5, 0.6) is 0 Å². The van der Waals surface area contributed by atoms with Gasteiger partial charge in [-0.25, -0.2) is 0 Å². The molecule has 0 bridgehead atoms. The normalized spacial score (nSPS) is 11.9. The molecule has 110 valence electrons. The summed E-state index contributed by atoms with van der Waals surface area (Å²) in [5, 5.41) is 9.70. The SMILES string of the molecule is CC(NC(=S)Nc1ccccc1)c1cccc2ccccc12. The molecule has 0 aromatic heterocycles. The molecule has 3 rings (SSSR count). The number of benzene rings is 3. The van der Waals surface area contributed by atoms with Gasteiger partial charge in [-0.3, -0.25) is 0 Å². The summed E-state index contributed by atoms with van der Waals surface area (Å²) in [4.78, 5) is 0. The Morgan fingerprint density at radius 2 is 1.55 bits per heavy atom. The number of anilines is 1. The minimum absolute atomic E-state index is 0.134. The van der Waals surface area contributed by atoms with Crippen molar-refractivity contribution in [1.29, 1.82) is 0 Å². The van der Waals surface area contributed by atoms with Crippen molar-refractivity contribution in [3.8, 4) is 0 Å². The number of hydrogen-bond acceptors (Lipinski definition) is 1. The van der Waals surface area contributed by atoms with Crippen LogP contribution in [-0.2, 0) is 0 Å². The van der Waals surface area contributed by atoms with Crippen LogP contribution in [0.2, 0.25) is 0 Å². The van der Waals surface area contributed by atoms with Gasteiger partial charge in [0.1, 0.15) is 0 Å². The molecule has 0 amide bonds. The Kier molecular flexibility index (Phi) is 4.35. The Balaban J connectivity index is 1.76. The lowest BCUT2D eigenvalue weighted by atomic mass is 10.00. The largest absolute Gasteiger partial charge is 0.356 e. The molecule has 2 N–H and O–H groups in total. The van der Waals surface area contributed by atoms with E-state index in [0.717, 1.165) is 5.69 Å². The van der Waals surface area contributed by atoms with E-state index in [1.807, 2.05) is 30.3 Å². The first-order valence-electron chi connectivity index (χ1n) is 7.34. The third kappa shape index (κ3) is 3.26. The van der Waals surface area contributed by atoms with E-state index in [0.29, 0.717) is 5.11 Å². The molecule has 3 aromatic carbocycles. The molecule has 0 aliphatic rings.